The lowest BCUT2D eigenvalue weighted by Crippen LogP contribution is -2.11. The second-order valence-corrected chi connectivity index (χ2v) is 4.09. The molecule has 4 nitrogen and oxygen atoms in total. The monoisotopic (exact) mass is 300 g/mol. The van der Waals surface area contributed by atoms with Crippen molar-refractivity contribution in [2.24, 2.45) is 0 Å². The van der Waals surface area contributed by atoms with E-state index in [-0.39, 0.29) is 11.0 Å². The first-order valence-corrected chi connectivity index (χ1v) is 5.53. The second kappa shape index (κ2) is 4.40. The van der Waals surface area contributed by atoms with Crippen LogP contribution in [0.25, 0.3) is 16.7 Å². The highest BCUT2D eigenvalue weighted by Gasteiger charge is 2.28. The molecule has 3 aromatic rings. The third kappa shape index (κ3) is 1.73. The van der Waals surface area contributed by atoms with E-state index in [0.717, 1.165) is 0 Å². The van der Waals surface area contributed by atoms with Gasteiger partial charge in [0.2, 0.25) is 11.8 Å². The number of fused-ring (bicyclic) bond motifs is 1. The van der Waals surface area contributed by atoms with Gasteiger partial charge < -0.3 is 5.73 Å². The number of hydrogen-bond acceptors (Lipinski definition) is 3. The molecule has 2 heterocycles. The molecule has 0 radical (unpaired) electrons. The third-order valence-corrected chi connectivity index (χ3v) is 2.89. The van der Waals surface area contributed by atoms with Crippen LogP contribution in [0, 0.1) is 29.1 Å². The molecule has 2 aromatic heterocycles. The Hall–Kier alpha value is -2.71. The van der Waals surface area contributed by atoms with Crippen molar-refractivity contribution in [3.8, 4) is 5.69 Å². The fraction of sp³-hybridized carbons (Fsp3) is 0. The maximum atomic E-state index is 13.8. The number of aromatic nitrogens is 3. The van der Waals surface area contributed by atoms with Crippen LogP contribution >= 0.6 is 0 Å². The van der Waals surface area contributed by atoms with Gasteiger partial charge in [0.25, 0.3) is 0 Å². The Morgan fingerprint density at radius 3 is 2.10 bits per heavy atom. The summed E-state index contributed by atoms with van der Waals surface area (Å²) in [6.07, 6.45) is 2.51. The molecular weight excluding hydrogens is 295 g/mol. The topological polar surface area (TPSA) is 56.7 Å². The zero-order chi connectivity index (χ0) is 15.3. The number of nitrogen functional groups attached to an aromatic ring is 1. The molecule has 0 bridgehead atoms. The summed E-state index contributed by atoms with van der Waals surface area (Å²) in [5.41, 5.74) is 4.54. The molecule has 0 aliphatic rings. The van der Waals surface area contributed by atoms with Crippen molar-refractivity contribution < 1.29 is 22.0 Å². The van der Waals surface area contributed by atoms with Gasteiger partial charge in [0, 0.05) is 6.20 Å². The lowest BCUT2D eigenvalue weighted by molar-refractivity contribution is 0.376. The number of nitrogens with zero attached hydrogens (tertiary/aromatic N) is 3. The maximum Gasteiger partial charge on any atom is 0.206 e. The van der Waals surface area contributed by atoms with Gasteiger partial charge >= 0.3 is 0 Å². The Kier molecular flexibility index (Phi) is 2.78. The minimum Gasteiger partial charge on any atom is -0.369 e. The molecule has 0 amide bonds. The molecular formula is C12H5F5N4. The van der Waals surface area contributed by atoms with E-state index in [1.165, 1.54) is 18.5 Å². The van der Waals surface area contributed by atoms with Gasteiger partial charge in [0.1, 0.15) is 11.2 Å². The van der Waals surface area contributed by atoms with Crippen molar-refractivity contribution in [3.05, 3.63) is 47.5 Å². The minimum absolute atomic E-state index is 0.0608. The number of imidazole rings is 1. The molecule has 0 fully saturated rings. The van der Waals surface area contributed by atoms with Crippen LogP contribution in [0.2, 0.25) is 0 Å². The molecule has 21 heavy (non-hydrogen) atoms. The van der Waals surface area contributed by atoms with E-state index in [1.807, 2.05) is 0 Å². The molecule has 1 aromatic carbocycles. The number of nitrogens with two attached hydrogens (primary N) is 1. The van der Waals surface area contributed by atoms with Crippen LogP contribution < -0.4 is 5.73 Å². The summed E-state index contributed by atoms with van der Waals surface area (Å²) in [6.45, 7) is 0. The molecule has 0 unspecified atom stereocenters. The summed E-state index contributed by atoms with van der Waals surface area (Å²) < 4.78 is 67.9. The molecule has 0 spiro atoms. The van der Waals surface area contributed by atoms with Crippen LogP contribution in [0.5, 0.6) is 0 Å². The van der Waals surface area contributed by atoms with Crippen molar-refractivity contribution in [1.82, 2.24) is 14.5 Å². The van der Waals surface area contributed by atoms with E-state index in [9.17, 15) is 22.0 Å². The van der Waals surface area contributed by atoms with E-state index in [1.54, 1.807) is 0 Å². The van der Waals surface area contributed by atoms with Gasteiger partial charge in [-0.2, -0.15) is 0 Å². The van der Waals surface area contributed by atoms with Gasteiger partial charge in [-0.25, -0.2) is 26.9 Å². The molecule has 0 saturated heterocycles. The van der Waals surface area contributed by atoms with Crippen LogP contribution in [0.4, 0.5) is 27.9 Å². The quantitative estimate of drug-likeness (QED) is 0.427. The summed E-state index contributed by atoms with van der Waals surface area (Å²) >= 11 is 0. The summed E-state index contributed by atoms with van der Waals surface area (Å²) in [6, 6.07) is 1.29. The van der Waals surface area contributed by atoms with Crippen LogP contribution in [0.3, 0.4) is 0 Å². The molecule has 108 valence electrons. The summed E-state index contributed by atoms with van der Waals surface area (Å²) in [5.74, 6) is -10.8. The standard InChI is InChI=1S/C12H5F5N4/c13-6-7(14)9(16)11(10(17)8(6)15)21-5-1-2-19-3-4(5)20-12(21)18/h1-3H,(H2,18,20). The Morgan fingerprint density at radius 2 is 1.48 bits per heavy atom. The van der Waals surface area contributed by atoms with Crippen LogP contribution in [-0.4, -0.2) is 14.5 Å². The van der Waals surface area contributed by atoms with Gasteiger partial charge in [-0.15, -0.1) is 0 Å². The Labute approximate surface area is 113 Å². The van der Waals surface area contributed by atoms with Crippen LogP contribution in [0.15, 0.2) is 18.5 Å². The van der Waals surface area contributed by atoms with E-state index in [2.05, 4.69) is 9.97 Å². The van der Waals surface area contributed by atoms with Crippen molar-refractivity contribution in [2.45, 2.75) is 0 Å². The summed E-state index contributed by atoms with van der Waals surface area (Å²) in [4.78, 5) is 7.49. The van der Waals surface area contributed by atoms with Crippen LogP contribution in [-0.2, 0) is 0 Å². The Bertz CT molecular complexity index is 845. The van der Waals surface area contributed by atoms with Gasteiger partial charge in [-0.05, 0) is 6.07 Å². The Balaban J connectivity index is 2.47. The normalized spacial score (nSPS) is 11.3. The van der Waals surface area contributed by atoms with Crippen molar-refractivity contribution in [3.63, 3.8) is 0 Å². The molecule has 9 heteroatoms. The van der Waals surface area contributed by atoms with Gasteiger partial charge in [-0.3, -0.25) is 9.55 Å². The smallest absolute Gasteiger partial charge is 0.206 e. The fourth-order valence-electron chi connectivity index (χ4n) is 1.98. The summed E-state index contributed by atoms with van der Waals surface area (Å²) in [5, 5.41) is 0. The molecule has 3 rings (SSSR count). The highest BCUT2D eigenvalue weighted by atomic mass is 19.2. The molecule has 0 aliphatic carbocycles. The predicted octanol–water partition coefficient (Wildman–Crippen LogP) is 2.70. The van der Waals surface area contributed by atoms with Gasteiger partial charge in [-0.1, -0.05) is 0 Å². The minimum atomic E-state index is -2.24. The zero-order valence-corrected chi connectivity index (χ0v) is 10.0. The molecule has 0 aliphatic heterocycles. The lowest BCUT2D eigenvalue weighted by Gasteiger charge is -2.11. The number of benzene rings is 1. The largest absolute Gasteiger partial charge is 0.369 e. The van der Waals surface area contributed by atoms with Gasteiger partial charge in [0.15, 0.2) is 23.3 Å². The third-order valence-electron chi connectivity index (χ3n) is 2.89. The van der Waals surface area contributed by atoms with E-state index in [4.69, 9.17) is 5.73 Å². The van der Waals surface area contributed by atoms with E-state index >= 15 is 0 Å². The van der Waals surface area contributed by atoms with Crippen molar-refractivity contribution in [1.29, 1.82) is 0 Å². The molecule has 0 atom stereocenters. The molecule has 0 saturated carbocycles. The SMILES string of the molecule is Nc1nc2cnccc2n1-c1c(F)c(F)c(F)c(F)c1F. The highest BCUT2D eigenvalue weighted by Crippen LogP contribution is 2.30. The zero-order valence-electron chi connectivity index (χ0n) is 10.0. The lowest BCUT2D eigenvalue weighted by atomic mass is 10.2. The van der Waals surface area contributed by atoms with Crippen LogP contribution in [0.1, 0.15) is 0 Å². The predicted molar refractivity (Wildman–Crippen MR) is 63.1 cm³/mol. The number of pyridine rings is 1. The number of halogens is 5. The molecule has 2 N–H and O–H groups in total. The van der Waals surface area contributed by atoms with Gasteiger partial charge in [0.05, 0.1) is 11.7 Å². The number of hydrogen-bond donors (Lipinski definition) is 1. The van der Waals surface area contributed by atoms with E-state index in [0.29, 0.717) is 4.57 Å². The average molecular weight is 300 g/mol. The average Bonchev–Trinajstić information content (AvgIpc) is 2.80. The Morgan fingerprint density at radius 1 is 0.905 bits per heavy atom. The second-order valence-electron chi connectivity index (χ2n) is 4.09. The van der Waals surface area contributed by atoms with Crippen molar-refractivity contribution in [2.75, 3.05) is 5.73 Å². The first-order chi connectivity index (χ1) is 9.93. The maximum absolute atomic E-state index is 13.8. The first-order valence-electron chi connectivity index (χ1n) is 5.53. The van der Waals surface area contributed by atoms with Crippen molar-refractivity contribution >= 4 is 17.0 Å². The summed E-state index contributed by atoms with van der Waals surface area (Å²) in [7, 11) is 0. The van der Waals surface area contributed by atoms with E-state index < -0.39 is 40.7 Å². The first kappa shape index (κ1) is 13.3. The fourth-order valence-corrected chi connectivity index (χ4v) is 1.98. The number of anilines is 1. The number of rotatable bonds is 1. The highest BCUT2D eigenvalue weighted by molar-refractivity contribution is 5.79.